The first kappa shape index (κ1) is 21.9. The topological polar surface area (TPSA) is 111 Å². The van der Waals surface area contributed by atoms with E-state index >= 15 is 0 Å². The Labute approximate surface area is 188 Å². The van der Waals surface area contributed by atoms with Gasteiger partial charge in [0.15, 0.2) is 6.23 Å². The molecule has 0 radical (unpaired) electrons. The molecule has 1 saturated heterocycles. The number of hydrogen-bond acceptors (Lipinski definition) is 6. The third kappa shape index (κ3) is 5.09. The van der Waals surface area contributed by atoms with Gasteiger partial charge in [-0.05, 0) is 50.8 Å². The van der Waals surface area contributed by atoms with E-state index in [0.717, 1.165) is 59.3 Å². The molecule has 0 amide bonds. The largest absolute Gasteiger partial charge is 0.397 e. The fraction of sp³-hybridized carbons (Fsp3) is 0.333. The van der Waals surface area contributed by atoms with Gasteiger partial charge in [-0.15, -0.1) is 0 Å². The minimum atomic E-state index is -0.0240. The molecule has 1 unspecified atom stereocenters. The van der Waals surface area contributed by atoms with E-state index in [4.69, 9.17) is 16.3 Å². The number of hydrogen-bond donors (Lipinski definition) is 3. The Bertz CT molecular complexity index is 1160. The van der Waals surface area contributed by atoms with E-state index in [-0.39, 0.29) is 6.23 Å². The van der Waals surface area contributed by atoms with Gasteiger partial charge in [-0.25, -0.2) is 10.5 Å². The molecule has 3 heterocycles. The molecular weight excluding hydrogens is 402 g/mol. The molecule has 1 aliphatic rings. The number of nitrogens with one attached hydrogen (secondary N) is 1. The van der Waals surface area contributed by atoms with E-state index in [1.807, 2.05) is 61.3 Å². The lowest BCUT2D eigenvalue weighted by atomic mass is 10.1. The number of aromatic nitrogens is 4. The van der Waals surface area contributed by atoms with Crippen molar-refractivity contribution in [1.82, 2.24) is 24.8 Å². The van der Waals surface area contributed by atoms with E-state index in [0.29, 0.717) is 12.2 Å². The van der Waals surface area contributed by atoms with Crippen LogP contribution >= 0.6 is 0 Å². The molecule has 1 fully saturated rings. The summed E-state index contributed by atoms with van der Waals surface area (Å²) in [5.74, 6) is 6.28. The number of benzene rings is 1. The van der Waals surface area contributed by atoms with Crippen molar-refractivity contribution >= 4 is 16.6 Å². The van der Waals surface area contributed by atoms with Gasteiger partial charge < -0.3 is 20.5 Å². The lowest BCUT2D eigenvalue weighted by Gasteiger charge is -2.23. The van der Waals surface area contributed by atoms with E-state index < -0.39 is 0 Å². The summed E-state index contributed by atoms with van der Waals surface area (Å²) in [7, 11) is 0. The Balaban J connectivity index is 1.59. The molecule has 5 N–H and O–H groups in total. The molecule has 3 aromatic rings. The second kappa shape index (κ2) is 9.84. The Morgan fingerprint density at radius 2 is 2.09 bits per heavy atom. The number of fused-ring (bicyclic) bond motifs is 1. The van der Waals surface area contributed by atoms with Crippen molar-refractivity contribution in [2.24, 2.45) is 11.6 Å². The van der Waals surface area contributed by atoms with Crippen LogP contribution in [-0.4, -0.2) is 31.4 Å². The van der Waals surface area contributed by atoms with Crippen molar-refractivity contribution < 1.29 is 4.74 Å². The molecule has 4 rings (SSSR count). The Morgan fingerprint density at radius 1 is 1.22 bits per heavy atom. The molecule has 0 bridgehead atoms. The van der Waals surface area contributed by atoms with Crippen LogP contribution in [0.15, 0.2) is 55.1 Å². The SMILES string of the molecule is Cc1ccc(C)[nH]c(CN(N)/C=C(\N)c2cccc3c2cnn3C2CCCCO2)cnc1. The first-order valence-electron chi connectivity index (χ1n) is 10.9. The van der Waals surface area contributed by atoms with E-state index in [1.165, 1.54) is 0 Å². The number of nitrogens with zero attached hydrogens (tertiary/aromatic N) is 4. The smallest absolute Gasteiger partial charge is 0.150 e. The number of aromatic amines is 1. The number of hydrazine groups is 1. The Kier molecular flexibility index (Phi) is 6.72. The maximum atomic E-state index is 6.46. The fourth-order valence-corrected chi connectivity index (χ4v) is 3.91. The lowest BCUT2D eigenvalue weighted by Crippen LogP contribution is -2.26. The van der Waals surface area contributed by atoms with Crippen LogP contribution in [0, 0.1) is 13.8 Å². The molecule has 8 heteroatoms. The first-order chi connectivity index (χ1) is 15.5. The van der Waals surface area contributed by atoms with Gasteiger partial charge in [-0.1, -0.05) is 18.2 Å². The van der Waals surface area contributed by atoms with E-state index in [2.05, 4.69) is 15.1 Å². The van der Waals surface area contributed by atoms with Crippen LogP contribution in [0.4, 0.5) is 0 Å². The summed E-state index contributed by atoms with van der Waals surface area (Å²) >= 11 is 0. The first-order valence-corrected chi connectivity index (χ1v) is 10.9. The lowest BCUT2D eigenvalue weighted by molar-refractivity contribution is -0.0366. The quantitative estimate of drug-likeness (QED) is 0.416. The maximum Gasteiger partial charge on any atom is 0.150 e. The van der Waals surface area contributed by atoms with E-state index in [9.17, 15) is 0 Å². The summed E-state index contributed by atoms with van der Waals surface area (Å²) in [6, 6.07) is 10.0. The fourth-order valence-electron chi connectivity index (χ4n) is 3.91. The van der Waals surface area contributed by atoms with E-state index in [1.54, 1.807) is 17.4 Å². The summed E-state index contributed by atoms with van der Waals surface area (Å²) < 4.78 is 7.88. The predicted octanol–water partition coefficient (Wildman–Crippen LogP) is 3.83. The predicted molar refractivity (Wildman–Crippen MR) is 126 cm³/mol. The average Bonchev–Trinajstić information content (AvgIpc) is 3.24. The Hall–Kier alpha value is -3.36. The zero-order chi connectivity index (χ0) is 22.5. The van der Waals surface area contributed by atoms with Gasteiger partial charge >= 0.3 is 0 Å². The summed E-state index contributed by atoms with van der Waals surface area (Å²) in [4.78, 5) is 7.70. The third-order valence-corrected chi connectivity index (χ3v) is 5.50. The zero-order valence-corrected chi connectivity index (χ0v) is 18.7. The van der Waals surface area contributed by atoms with Crippen molar-refractivity contribution in [1.29, 1.82) is 0 Å². The van der Waals surface area contributed by atoms with Crippen LogP contribution in [0.25, 0.3) is 16.6 Å². The van der Waals surface area contributed by atoms with Crippen molar-refractivity contribution in [3.63, 3.8) is 0 Å². The highest BCUT2D eigenvalue weighted by molar-refractivity contribution is 5.91. The van der Waals surface area contributed by atoms with Gasteiger partial charge in [0.25, 0.3) is 0 Å². The molecular formula is C24H31N7O. The molecule has 1 aliphatic heterocycles. The summed E-state index contributed by atoms with van der Waals surface area (Å²) in [6.07, 6.45) is 10.4. The molecule has 0 saturated carbocycles. The second-order valence-corrected chi connectivity index (χ2v) is 8.22. The maximum absolute atomic E-state index is 6.46. The summed E-state index contributed by atoms with van der Waals surface area (Å²) in [6.45, 7) is 5.21. The van der Waals surface area contributed by atoms with Gasteiger partial charge in [-0.2, -0.15) is 5.10 Å². The van der Waals surface area contributed by atoms with Gasteiger partial charge in [0.1, 0.15) is 0 Å². The standard InChI is InChI=1S/C24H31N7O/c1-17-9-10-18(2)29-19(13-27-12-17)15-30(26)16-22(25)20-6-5-7-23-21(20)14-28-31(23)24-8-3-4-11-32-24/h5-7,9-10,12-14,16,24,29H,3-4,8,11,15,25-26H2,1-2H3/b17-9?,18-10?,19-13?,22-16-,27-12?. The van der Waals surface area contributed by atoms with Crippen molar-refractivity contribution in [3.05, 3.63) is 77.6 Å². The number of rotatable bonds is 5. The molecule has 32 heavy (non-hydrogen) atoms. The number of nitrogens with two attached hydrogens (primary N) is 2. The zero-order valence-electron chi connectivity index (χ0n) is 18.7. The van der Waals surface area contributed by atoms with Gasteiger partial charge in [0, 0.05) is 41.8 Å². The summed E-state index contributed by atoms with van der Waals surface area (Å²) in [5, 5.41) is 7.13. The monoisotopic (exact) mass is 433 g/mol. The van der Waals surface area contributed by atoms with Gasteiger partial charge in [0.2, 0.25) is 0 Å². The van der Waals surface area contributed by atoms with Crippen LogP contribution in [0.1, 0.15) is 48.0 Å². The van der Waals surface area contributed by atoms with Crippen LogP contribution < -0.4 is 11.6 Å². The van der Waals surface area contributed by atoms with Crippen LogP contribution in [0.2, 0.25) is 0 Å². The molecule has 1 aromatic carbocycles. The highest BCUT2D eigenvalue weighted by Crippen LogP contribution is 2.29. The summed E-state index contributed by atoms with van der Waals surface area (Å²) in [5.41, 5.74) is 11.9. The van der Waals surface area contributed by atoms with Crippen molar-refractivity contribution in [2.45, 2.75) is 45.9 Å². The number of H-pyrrole nitrogens is 1. The molecule has 8 nitrogen and oxygen atoms in total. The highest BCUT2D eigenvalue weighted by atomic mass is 16.5. The molecule has 0 spiro atoms. The van der Waals surface area contributed by atoms with Crippen LogP contribution in [0.5, 0.6) is 0 Å². The highest BCUT2D eigenvalue weighted by Gasteiger charge is 2.19. The molecule has 168 valence electrons. The van der Waals surface area contributed by atoms with Crippen LogP contribution in [0.3, 0.4) is 0 Å². The minimum Gasteiger partial charge on any atom is -0.397 e. The van der Waals surface area contributed by atoms with Crippen molar-refractivity contribution in [3.8, 4) is 0 Å². The number of ether oxygens (including phenoxy) is 1. The third-order valence-electron chi connectivity index (χ3n) is 5.50. The second-order valence-electron chi connectivity index (χ2n) is 8.22. The average molecular weight is 434 g/mol. The van der Waals surface area contributed by atoms with Crippen LogP contribution in [-0.2, 0) is 11.3 Å². The van der Waals surface area contributed by atoms with Gasteiger partial charge in [-0.3, -0.25) is 4.98 Å². The van der Waals surface area contributed by atoms with Gasteiger partial charge in [0.05, 0.1) is 29.6 Å². The van der Waals surface area contributed by atoms with Crippen molar-refractivity contribution in [2.75, 3.05) is 6.61 Å². The number of aryl methyl sites for hydroxylation is 2. The minimum absolute atomic E-state index is 0.0240. The molecule has 0 aliphatic carbocycles. The molecule has 2 aromatic heterocycles. The normalized spacial score (nSPS) is 16.7. The Morgan fingerprint density at radius 3 is 2.91 bits per heavy atom. The molecule has 1 atom stereocenters.